The summed E-state index contributed by atoms with van der Waals surface area (Å²) >= 11 is 0. The van der Waals surface area contributed by atoms with Gasteiger partial charge in [0.05, 0.1) is 35.2 Å². The van der Waals surface area contributed by atoms with Crippen LogP contribution in [0.5, 0.6) is 11.5 Å². The average Bonchev–Trinajstić information content (AvgIpc) is 2.72. The molecule has 0 saturated carbocycles. The number of rotatable bonds is 3. The van der Waals surface area contributed by atoms with E-state index in [4.69, 9.17) is 10.00 Å². The van der Waals surface area contributed by atoms with E-state index in [0.29, 0.717) is 0 Å². The van der Waals surface area contributed by atoms with Gasteiger partial charge in [0.25, 0.3) is 0 Å². The van der Waals surface area contributed by atoms with Gasteiger partial charge in [-0.2, -0.15) is 22.8 Å². The average molecular weight is 389 g/mol. The van der Waals surface area contributed by atoms with E-state index in [9.17, 15) is 22.0 Å². The van der Waals surface area contributed by atoms with Crippen LogP contribution in [0.25, 0.3) is 0 Å². The molecule has 1 unspecified atom stereocenters. The fourth-order valence-corrected chi connectivity index (χ4v) is 3.80. The Bertz CT molecular complexity index is 998. The molecule has 0 saturated heterocycles. The van der Waals surface area contributed by atoms with Crippen molar-refractivity contribution in [2.45, 2.75) is 29.8 Å². The summed E-state index contributed by atoms with van der Waals surface area (Å²) in [7, 11) is 4.44. The molecule has 28 heavy (non-hydrogen) atoms. The fraction of sp³-hybridized carbons (Fsp3) is 0.278. The second-order valence-corrected chi connectivity index (χ2v) is 8.04. The number of halogens is 5. The van der Waals surface area contributed by atoms with Crippen molar-refractivity contribution >= 4 is 23.5 Å². The first-order valence-electron chi connectivity index (χ1n) is 8.59. The number of hydrogen-bond acceptors (Lipinski definition) is 2. The molecule has 2 aromatic carbocycles. The molecule has 0 spiro atoms. The van der Waals surface area contributed by atoms with Gasteiger partial charge in [-0.05, 0) is 42.3 Å². The van der Waals surface area contributed by atoms with Crippen molar-refractivity contribution < 1.29 is 26.7 Å². The molecule has 1 atom stereocenters. The summed E-state index contributed by atoms with van der Waals surface area (Å²) in [4.78, 5) is 0. The van der Waals surface area contributed by atoms with E-state index in [-0.39, 0.29) is 28.2 Å². The van der Waals surface area contributed by atoms with Gasteiger partial charge in [0, 0.05) is 17.5 Å². The van der Waals surface area contributed by atoms with Gasteiger partial charge in [0.15, 0.2) is 0 Å². The van der Waals surface area contributed by atoms with E-state index in [0.717, 1.165) is 18.2 Å². The molecular weight excluding hydrogens is 374 g/mol. The van der Waals surface area contributed by atoms with Crippen LogP contribution >= 0.6 is 0 Å². The maximum absolute atomic E-state index is 14.7. The van der Waals surface area contributed by atoms with Crippen LogP contribution in [0.15, 0.2) is 30.3 Å². The molecular formula is C18H15B3F5NO. The molecule has 142 valence electrons. The number of alkyl halides is 4. The summed E-state index contributed by atoms with van der Waals surface area (Å²) in [5, 5.41) is 7.79. The van der Waals surface area contributed by atoms with E-state index in [1.54, 1.807) is 6.07 Å². The third-order valence-corrected chi connectivity index (χ3v) is 4.97. The van der Waals surface area contributed by atoms with Crippen molar-refractivity contribution in [1.82, 2.24) is 0 Å². The standard InChI is InChI=1S/C18H15B3F5NO/c1-8-13(28-11-5-9(7-27)4-10(22)6-11)3-2-12-14(8)15(18(19,20)21)17(25,26)16(12,23)24/h2-6,15H,19-21H2,1H3. The predicted octanol–water partition coefficient (Wildman–Crippen LogP) is 2.60. The molecule has 0 fully saturated rings. The second kappa shape index (κ2) is 6.30. The fourth-order valence-electron chi connectivity index (χ4n) is 3.80. The molecule has 0 amide bonds. The lowest BCUT2D eigenvalue weighted by Gasteiger charge is -2.34. The zero-order chi connectivity index (χ0) is 21.1. The molecule has 0 aromatic heterocycles. The van der Waals surface area contributed by atoms with Crippen LogP contribution in [0, 0.1) is 24.1 Å². The first-order chi connectivity index (χ1) is 12.8. The van der Waals surface area contributed by atoms with Gasteiger partial charge < -0.3 is 4.74 Å². The minimum atomic E-state index is -4.31. The van der Waals surface area contributed by atoms with Crippen molar-refractivity contribution in [2.24, 2.45) is 0 Å². The minimum Gasteiger partial charge on any atom is -0.457 e. The van der Waals surface area contributed by atoms with E-state index in [1.165, 1.54) is 42.6 Å². The van der Waals surface area contributed by atoms with Crippen molar-refractivity contribution in [3.8, 4) is 17.6 Å². The Morgan fingerprint density at radius 3 is 2.32 bits per heavy atom. The highest BCUT2D eigenvalue weighted by molar-refractivity contribution is 6.59. The smallest absolute Gasteiger partial charge is 0.336 e. The second-order valence-electron chi connectivity index (χ2n) is 8.04. The van der Waals surface area contributed by atoms with Crippen molar-refractivity contribution in [1.29, 1.82) is 5.26 Å². The van der Waals surface area contributed by atoms with E-state index in [2.05, 4.69) is 0 Å². The van der Waals surface area contributed by atoms with Crippen molar-refractivity contribution in [3.05, 3.63) is 58.4 Å². The molecule has 0 heterocycles. The van der Waals surface area contributed by atoms with Gasteiger partial charge in [-0.3, -0.25) is 0 Å². The van der Waals surface area contributed by atoms with Gasteiger partial charge in [-0.1, -0.05) is 5.11 Å². The highest BCUT2D eigenvalue weighted by Gasteiger charge is 2.70. The minimum absolute atomic E-state index is 0.0134. The monoisotopic (exact) mass is 389 g/mol. The summed E-state index contributed by atoms with van der Waals surface area (Å²) < 4.78 is 77.6. The molecule has 10 heteroatoms. The highest BCUT2D eigenvalue weighted by atomic mass is 19.3. The van der Waals surface area contributed by atoms with Gasteiger partial charge in [0.1, 0.15) is 17.3 Å². The number of fused-ring (bicyclic) bond motifs is 1. The Kier molecular flexibility index (Phi) is 4.57. The first kappa shape index (κ1) is 20.3. The van der Waals surface area contributed by atoms with Crippen molar-refractivity contribution in [2.75, 3.05) is 0 Å². The Morgan fingerprint density at radius 1 is 1.11 bits per heavy atom. The van der Waals surface area contributed by atoms with Gasteiger partial charge >= 0.3 is 11.8 Å². The van der Waals surface area contributed by atoms with Crippen LogP contribution in [0.1, 0.15) is 28.2 Å². The van der Waals surface area contributed by atoms with E-state index >= 15 is 0 Å². The van der Waals surface area contributed by atoms with Crippen LogP contribution in [0.2, 0.25) is 5.11 Å². The lowest BCUT2D eigenvalue weighted by Crippen LogP contribution is -2.42. The molecule has 1 aliphatic carbocycles. The zero-order valence-corrected chi connectivity index (χ0v) is 15.7. The Morgan fingerprint density at radius 2 is 1.75 bits per heavy atom. The topological polar surface area (TPSA) is 33.0 Å². The lowest BCUT2D eigenvalue weighted by molar-refractivity contribution is -0.214. The van der Waals surface area contributed by atoms with E-state index < -0.39 is 34.3 Å². The Labute approximate surface area is 161 Å². The van der Waals surface area contributed by atoms with Gasteiger partial charge in [0.2, 0.25) is 0 Å². The molecule has 0 radical (unpaired) electrons. The summed E-state index contributed by atoms with van der Waals surface area (Å²) in [5.74, 6) is -11.0. The maximum Gasteiger partial charge on any atom is 0.336 e. The molecule has 1 aliphatic rings. The van der Waals surface area contributed by atoms with Crippen LogP contribution in [0.4, 0.5) is 22.0 Å². The third-order valence-electron chi connectivity index (χ3n) is 4.97. The number of benzene rings is 2. The quantitative estimate of drug-likeness (QED) is 0.598. The lowest BCUT2D eigenvalue weighted by atomic mass is 9.36. The number of hydrogen-bond donors (Lipinski definition) is 0. The number of nitrogens with zero attached hydrogens (tertiary/aromatic N) is 1. The summed E-state index contributed by atoms with van der Waals surface area (Å²) in [5.41, 5.74) is -0.729. The summed E-state index contributed by atoms with van der Waals surface area (Å²) in [6.07, 6.45) is 0. The van der Waals surface area contributed by atoms with Crippen molar-refractivity contribution in [3.63, 3.8) is 0 Å². The van der Waals surface area contributed by atoms with Crippen LogP contribution in [-0.4, -0.2) is 29.5 Å². The molecule has 2 aromatic rings. The third kappa shape index (κ3) is 2.97. The zero-order valence-electron chi connectivity index (χ0n) is 15.7. The molecule has 0 bridgehead atoms. The number of ether oxygens (including phenoxy) is 1. The Hall–Kier alpha value is -2.43. The normalized spacial score (nSPS) is 19.7. The predicted molar refractivity (Wildman–Crippen MR) is 102 cm³/mol. The number of nitriles is 1. The molecule has 0 N–H and O–H groups in total. The SMILES string of the molecule is BC(B)(B)C1c2c(ccc(Oc3cc(F)cc(C#N)c3)c2C)C(F)(F)C1(F)F. The van der Waals surface area contributed by atoms with Crippen LogP contribution < -0.4 is 4.74 Å². The molecule has 2 nitrogen and oxygen atoms in total. The summed E-state index contributed by atoms with van der Waals surface area (Å²) in [6, 6.07) is 7.20. The maximum atomic E-state index is 14.7. The largest absolute Gasteiger partial charge is 0.457 e. The van der Waals surface area contributed by atoms with E-state index in [1.807, 2.05) is 0 Å². The molecule has 0 aliphatic heterocycles. The summed E-state index contributed by atoms with van der Waals surface area (Å²) in [6.45, 7) is 1.43. The highest BCUT2D eigenvalue weighted by Crippen LogP contribution is 2.64. The van der Waals surface area contributed by atoms with Crippen LogP contribution in [-0.2, 0) is 5.92 Å². The molecule has 3 rings (SSSR count). The first-order valence-corrected chi connectivity index (χ1v) is 8.59. The van der Waals surface area contributed by atoms with Crippen LogP contribution in [0.3, 0.4) is 0 Å². The van der Waals surface area contributed by atoms with Gasteiger partial charge in [-0.15, -0.1) is 0 Å². The Balaban J connectivity index is 2.16. The van der Waals surface area contributed by atoms with Gasteiger partial charge in [-0.25, -0.2) is 4.39 Å².